The Morgan fingerprint density at radius 1 is 1.33 bits per heavy atom. The number of hydrogen-bond donors (Lipinski definition) is 1. The average Bonchev–Trinajstić information content (AvgIpc) is 2.98. The number of carbonyl (C=O) groups is 1. The van der Waals surface area contributed by atoms with Crippen LogP contribution in [0, 0.1) is 0 Å². The number of ketones is 1. The second-order valence-corrected chi connectivity index (χ2v) is 7.86. The van der Waals surface area contributed by atoms with E-state index in [1.807, 2.05) is 36.0 Å². The summed E-state index contributed by atoms with van der Waals surface area (Å²) in [7, 11) is 1.95. The monoisotopic (exact) mass is 370 g/mol. The van der Waals surface area contributed by atoms with Gasteiger partial charge >= 0.3 is 0 Å². The summed E-state index contributed by atoms with van der Waals surface area (Å²) < 4.78 is 8.08. The summed E-state index contributed by atoms with van der Waals surface area (Å²) in [5.74, 6) is 1.35. The third kappa shape index (κ3) is 4.79. The number of aryl methyl sites for hydroxylation is 1. The molecule has 1 N–H and O–H groups in total. The molecule has 1 fully saturated rings. The minimum atomic E-state index is -0.533. The van der Waals surface area contributed by atoms with Crippen LogP contribution in [0.3, 0.4) is 0 Å². The molecule has 5 heteroatoms. The number of hydrogen-bond acceptors (Lipinski definition) is 4. The number of benzene rings is 1. The van der Waals surface area contributed by atoms with Crippen LogP contribution in [0.5, 0.6) is 5.75 Å². The van der Waals surface area contributed by atoms with E-state index in [2.05, 4.69) is 30.9 Å². The molecule has 0 spiro atoms. The van der Waals surface area contributed by atoms with Gasteiger partial charge in [0, 0.05) is 44.1 Å². The van der Waals surface area contributed by atoms with Crippen molar-refractivity contribution in [3.05, 3.63) is 53.3 Å². The molecule has 1 saturated heterocycles. The zero-order valence-electron chi connectivity index (χ0n) is 16.7. The van der Waals surface area contributed by atoms with Crippen LogP contribution >= 0.6 is 0 Å². The number of aromatic nitrogens is 1. The molecule has 0 radical (unpaired) electrons. The van der Waals surface area contributed by atoms with E-state index in [0.29, 0.717) is 12.5 Å². The van der Waals surface area contributed by atoms with E-state index >= 15 is 0 Å². The molecule has 0 amide bonds. The highest BCUT2D eigenvalue weighted by Gasteiger charge is 2.29. The lowest BCUT2D eigenvalue weighted by Crippen LogP contribution is -2.48. The van der Waals surface area contributed by atoms with Gasteiger partial charge in [0.25, 0.3) is 0 Å². The summed E-state index contributed by atoms with van der Waals surface area (Å²) in [6.45, 7) is 8.04. The van der Waals surface area contributed by atoms with Crippen LogP contribution in [0.25, 0.3) is 0 Å². The van der Waals surface area contributed by atoms with Crippen molar-refractivity contribution < 1.29 is 14.6 Å². The highest BCUT2D eigenvalue weighted by atomic mass is 16.5. The number of likely N-dealkylation sites (tertiary alicyclic amines) is 1. The first kappa shape index (κ1) is 19.6. The molecule has 2 heterocycles. The van der Waals surface area contributed by atoms with E-state index in [1.54, 1.807) is 6.92 Å². The van der Waals surface area contributed by atoms with Crippen molar-refractivity contribution in [1.29, 1.82) is 0 Å². The van der Waals surface area contributed by atoms with E-state index < -0.39 is 6.10 Å². The molecule has 0 aliphatic carbocycles. The Hall–Kier alpha value is -2.11. The predicted molar refractivity (Wildman–Crippen MR) is 106 cm³/mol. The van der Waals surface area contributed by atoms with Gasteiger partial charge in [0.15, 0.2) is 5.78 Å². The summed E-state index contributed by atoms with van der Waals surface area (Å²) in [5.41, 5.74) is 3.05. The Labute approximate surface area is 161 Å². The first-order chi connectivity index (χ1) is 12.8. The van der Waals surface area contributed by atoms with Crippen LogP contribution in [0.1, 0.15) is 54.7 Å². The molecular formula is C22H30N2O3. The maximum atomic E-state index is 11.6. The lowest BCUT2D eigenvalue weighted by Gasteiger charge is -2.36. The topological polar surface area (TPSA) is 54.7 Å². The number of nitrogens with zero attached hydrogens (tertiary/aromatic N) is 2. The molecule has 146 valence electrons. The fraction of sp³-hybridized carbons (Fsp3) is 0.500. The second kappa shape index (κ2) is 8.28. The van der Waals surface area contributed by atoms with E-state index in [4.69, 9.17) is 4.74 Å². The van der Waals surface area contributed by atoms with Crippen LogP contribution in [0.2, 0.25) is 0 Å². The maximum Gasteiger partial charge on any atom is 0.161 e. The quantitative estimate of drug-likeness (QED) is 0.792. The number of rotatable bonds is 6. The number of β-amino-alcohol motifs (C(OH)–C–C–N with tert-alkyl or cyclic N) is 1. The molecule has 0 unspecified atom stereocenters. The summed E-state index contributed by atoms with van der Waals surface area (Å²) in [6.07, 6.45) is 1.92. The Kier molecular flexibility index (Phi) is 6.02. The van der Waals surface area contributed by atoms with Gasteiger partial charge in [-0.25, -0.2) is 0 Å². The van der Waals surface area contributed by atoms with Gasteiger partial charge in [-0.1, -0.05) is 26.0 Å². The standard InChI is InChI=1S/C22H30N2O3/c1-15(2)17-6-5-7-20(11-17)27-22-8-9-24(14-21(22)26)13-19-10-18(16(3)25)12-23(19)4/h5-7,10-12,15,21-22,26H,8-9,13-14H2,1-4H3/t21-,22-/m1/s1. The van der Waals surface area contributed by atoms with Gasteiger partial charge in [0.2, 0.25) is 0 Å². The molecule has 1 aliphatic rings. The van der Waals surface area contributed by atoms with Crippen LogP contribution in [0.15, 0.2) is 36.5 Å². The zero-order valence-corrected chi connectivity index (χ0v) is 16.7. The smallest absolute Gasteiger partial charge is 0.161 e. The molecule has 27 heavy (non-hydrogen) atoms. The predicted octanol–water partition coefficient (Wildman–Crippen LogP) is 3.37. The highest BCUT2D eigenvalue weighted by molar-refractivity contribution is 5.94. The van der Waals surface area contributed by atoms with Crippen molar-refractivity contribution in [2.75, 3.05) is 13.1 Å². The molecule has 1 aliphatic heterocycles. The van der Waals surface area contributed by atoms with Crippen molar-refractivity contribution in [2.45, 2.75) is 51.9 Å². The first-order valence-electron chi connectivity index (χ1n) is 9.66. The summed E-state index contributed by atoms with van der Waals surface area (Å²) in [6, 6.07) is 10.1. The number of piperidine rings is 1. The van der Waals surface area contributed by atoms with Gasteiger partial charge in [0.05, 0.1) is 0 Å². The minimum absolute atomic E-state index is 0.0765. The fourth-order valence-corrected chi connectivity index (χ4v) is 3.57. The largest absolute Gasteiger partial charge is 0.488 e. The lowest BCUT2D eigenvalue weighted by molar-refractivity contribution is -0.0279. The van der Waals surface area contributed by atoms with Crippen LogP contribution in [0.4, 0.5) is 0 Å². The van der Waals surface area contributed by atoms with Crippen LogP contribution in [-0.2, 0) is 13.6 Å². The Morgan fingerprint density at radius 2 is 2.11 bits per heavy atom. The van der Waals surface area contributed by atoms with Crippen LogP contribution < -0.4 is 4.74 Å². The number of aliphatic hydroxyl groups is 1. The van der Waals surface area contributed by atoms with Crippen molar-refractivity contribution in [3.63, 3.8) is 0 Å². The van der Waals surface area contributed by atoms with E-state index in [9.17, 15) is 9.90 Å². The maximum absolute atomic E-state index is 11.6. The third-order valence-corrected chi connectivity index (χ3v) is 5.32. The summed E-state index contributed by atoms with van der Waals surface area (Å²) >= 11 is 0. The van der Waals surface area contributed by atoms with Gasteiger partial charge < -0.3 is 14.4 Å². The van der Waals surface area contributed by atoms with Crippen molar-refractivity contribution in [1.82, 2.24) is 9.47 Å². The lowest BCUT2D eigenvalue weighted by atomic mass is 10.0. The van der Waals surface area contributed by atoms with Gasteiger partial charge in [-0.2, -0.15) is 0 Å². The number of ether oxygens (including phenoxy) is 1. The Morgan fingerprint density at radius 3 is 2.74 bits per heavy atom. The average molecular weight is 370 g/mol. The Balaban J connectivity index is 1.59. The molecule has 1 aromatic carbocycles. The molecule has 2 aromatic rings. The normalized spacial score (nSPS) is 20.8. The number of carbonyl (C=O) groups excluding carboxylic acids is 1. The highest BCUT2D eigenvalue weighted by Crippen LogP contribution is 2.24. The molecule has 0 bridgehead atoms. The molecule has 0 saturated carbocycles. The summed E-state index contributed by atoms with van der Waals surface area (Å²) in [5, 5.41) is 10.6. The Bertz CT molecular complexity index is 797. The second-order valence-electron chi connectivity index (χ2n) is 7.86. The van der Waals surface area contributed by atoms with Gasteiger partial charge in [-0.15, -0.1) is 0 Å². The first-order valence-corrected chi connectivity index (χ1v) is 9.66. The molecule has 3 rings (SSSR count). The van der Waals surface area contributed by atoms with E-state index in [0.717, 1.165) is 36.5 Å². The number of aliphatic hydroxyl groups excluding tert-OH is 1. The van der Waals surface area contributed by atoms with Crippen molar-refractivity contribution in [3.8, 4) is 5.75 Å². The van der Waals surface area contributed by atoms with Gasteiger partial charge in [-0.05, 0) is 43.0 Å². The molecule has 2 atom stereocenters. The molecule has 5 nitrogen and oxygen atoms in total. The molecule has 1 aromatic heterocycles. The van der Waals surface area contributed by atoms with Crippen LogP contribution in [-0.4, -0.2) is 45.7 Å². The minimum Gasteiger partial charge on any atom is -0.488 e. The fourth-order valence-electron chi connectivity index (χ4n) is 3.57. The number of Topliss-reactive ketones (excluding diaryl/α,β-unsaturated/α-hetero) is 1. The van der Waals surface area contributed by atoms with Gasteiger partial charge in [-0.3, -0.25) is 9.69 Å². The van der Waals surface area contributed by atoms with Crippen molar-refractivity contribution in [2.24, 2.45) is 7.05 Å². The van der Waals surface area contributed by atoms with Gasteiger partial charge in [0.1, 0.15) is 18.0 Å². The third-order valence-electron chi connectivity index (χ3n) is 5.32. The van der Waals surface area contributed by atoms with E-state index in [1.165, 1.54) is 5.56 Å². The van der Waals surface area contributed by atoms with Crippen molar-refractivity contribution >= 4 is 5.78 Å². The zero-order chi connectivity index (χ0) is 19.6. The summed E-state index contributed by atoms with van der Waals surface area (Å²) in [4.78, 5) is 13.8. The SMILES string of the molecule is CC(=O)c1cc(CN2CC[C@@H](Oc3cccc(C(C)C)c3)[C@H](O)C2)n(C)c1. The van der Waals surface area contributed by atoms with E-state index in [-0.39, 0.29) is 11.9 Å². The molecular weight excluding hydrogens is 340 g/mol.